The lowest BCUT2D eigenvalue weighted by Gasteiger charge is -2.47. The Hall–Kier alpha value is -2.24. The van der Waals surface area contributed by atoms with Crippen molar-refractivity contribution < 1.29 is 28.7 Å². The number of amides is 1. The van der Waals surface area contributed by atoms with Gasteiger partial charge < -0.3 is 14.6 Å². The number of carbonyl (C=O) groups is 1. The fourth-order valence-corrected chi connectivity index (χ4v) is 4.94. The maximum absolute atomic E-state index is 14.9. The molecular weight excluding hydrogens is 417 g/mol. The molecule has 30 heavy (non-hydrogen) atoms. The van der Waals surface area contributed by atoms with Gasteiger partial charge in [-0.05, 0) is 26.8 Å². The number of nitro groups is 1. The minimum Gasteiger partial charge on any atom is -0.444 e. The van der Waals surface area contributed by atoms with E-state index in [0.717, 1.165) is 12.1 Å². The van der Waals surface area contributed by atoms with Crippen molar-refractivity contribution in [3.8, 4) is 0 Å². The summed E-state index contributed by atoms with van der Waals surface area (Å²) in [5.74, 6) is -0.722. The molecular formula is C19H24FN3O6S. The lowest BCUT2D eigenvalue weighted by Crippen LogP contribution is -2.53. The van der Waals surface area contributed by atoms with Gasteiger partial charge in [0.1, 0.15) is 11.4 Å². The molecule has 2 heterocycles. The minimum atomic E-state index is -1.22. The normalized spacial score (nSPS) is 26.4. The Morgan fingerprint density at radius 3 is 2.90 bits per heavy atom. The first-order valence-corrected chi connectivity index (χ1v) is 10.4. The summed E-state index contributed by atoms with van der Waals surface area (Å²) in [6, 6.07) is 3.31. The molecule has 164 valence electrons. The van der Waals surface area contributed by atoms with Crippen LogP contribution in [0.15, 0.2) is 23.2 Å². The van der Waals surface area contributed by atoms with Gasteiger partial charge in [-0.15, -0.1) is 0 Å². The molecule has 1 saturated heterocycles. The molecule has 1 aromatic carbocycles. The molecule has 0 bridgehead atoms. The van der Waals surface area contributed by atoms with Gasteiger partial charge in [0, 0.05) is 42.4 Å². The standard InChI is InChI=1S/C19H24FN3O6S/c1-18(2,3)29-17(25)21-16-22-19(6-7-28-15(9-24)13(19)10-30-16)12-8-11(23(26)27)4-5-14(12)20/h4-5,8,13,15,24H,6-7,9-10H2,1-3H3,(H,21,22,25)/t13-,15-,19-/m1/s1. The first kappa shape index (κ1) is 22.4. The number of non-ortho nitro benzene ring substituents is 1. The molecule has 3 rings (SSSR count). The van der Waals surface area contributed by atoms with Gasteiger partial charge in [0.2, 0.25) is 0 Å². The zero-order valence-corrected chi connectivity index (χ0v) is 17.7. The molecule has 9 nitrogen and oxygen atoms in total. The van der Waals surface area contributed by atoms with Gasteiger partial charge in [-0.25, -0.2) is 9.18 Å². The summed E-state index contributed by atoms with van der Waals surface area (Å²) >= 11 is 1.22. The van der Waals surface area contributed by atoms with Crippen LogP contribution >= 0.6 is 11.8 Å². The van der Waals surface area contributed by atoms with Crippen LogP contribution in [0.3, 0.4) is 0 Å². The Bertz CT molecular complexity index is 874. The first-order chi connectivity index (χ1) is 14.1. The van der Waals surface area contributed by atoms with E-state index in [-0.39, 0.29) is 36.1 Å². The number of hydrogen-bond acceptors (Lipinski definition) is 8. The Morgan fingerprint density at radius 1 is 1.53 bits per heavy atom. The van der Waals surface area contributed by atoms with E-state index in [1.54, 1.807) is 20.8 Å². The fourth-order valence-electron chi connectivity index (χ4n) is 3.73. The highest BCUT2D eigenvalue weighted by Crippen LogP contribution is 2.49. The second-order valence-electron chi connectivity index (χ2n) is 8.15. The third-order valence-electron chi connectivity index (χ3n) is 4.99. The zero-order valence-electron chi connectivity index (χ0n) is 16.9. The van der Waals surface area contributed by atoms with Crippen molar-refractivity contribution in [1.82, 2.24) is 5.32 Å². The number of alkyl carbamates (subject to hydrolysis) is 1. The van der Waals surface area contributed by atoms with Crippen molar-refractivity contribution in [1.29, 1.82) is 0 Å². The number of aliphatic hydroxyl groups excluding tert-OH is 1. The smallest absolute Gasteiger partial charge is 0.413 e. The number of amidine groups is 1. The van der Waals surface area contributed by atoms with Crippen LogP contribution in [0.25, 0.3) is 0 Å². The van der Waals surface area contributed by atoms with E-state index in [0.29, 0.717) is 5.75 Å². The van der Waals surface area contributed by atoms with Crippen LogP contribution in [-0.4, -0.2) is 52.0 Å². The van der Waals surface area contributed by atoms with E-state index in [1.165, 1.54) is 17.8 Å². The number of aliphatic imine (C=N–C) groups is 1. The molecule has 0 aromatic heterocycles. The minimum absolute atomic E-state index is 0.0484. The van der Waals surface area contributed by atoms with Crippen molar-refractivity contribution in [2.45, 2.75) is 44.4 Å². The molecule has 0 spiro atoms. The van der Waals surface area contributed by atoms with Crippen molar-refractivity contribution in [2.75, 3.05) is 19.0 Å². The number of fused-ring (bicyclic) bond motifs is 1. The van der Waals surface area contributed by atoms with Crippen LogP contribution in [0.4, 0.5) is 14.9 Å². The van der Waals surface area contributed by atoms with Gasteiger partial charge in [0.25, 0.3) is 5.69 Å². The van der Waals surface area contributed by atoms with Crippen LogP contribution in [0, 0.1) is 21.8 Å². The molecule has 3 atom stereocenters. The number of ether oxygens (including phenoxy) is 2. The molecule has 0 saturated carbocycles. The number of aliphatic hydroxyl groups is 1. The fraction of sp³-hybridized carbons (Fsp3) is 0.579. The highest BCUT2D eigenvalue weighted by Gasteiger charge is 2.51. The van der Waals surface area contributed by atoms with Crippen LogP contribution < -0.4 is 5.32 Å². The number of hydrogen-bond donors (Lipinski definition) is 2. The van der Waals surface area contributed by atoms with E-state index in [9.17, 15) is 24.4 Å². The topological polar surface area (TPSA) is 123 Å². The second kappa shape index (κ2) is 8.48. The number of nitro benzene ring substituents is 1. The Balaban J connectivity index is 2.06. The molecule has 2 aliphatic heterocycles. The number of nitrogens with one attached hydrogen (secondary N) is 1. The van der Waals surface area contributed by atoms with Crippen LogP contribution in [-0.2, 0) is 15.0 Å². The molecule has 1 fully saturated rings. The van der Waals surface area contributed by atoms with E-state index in [4.69, 9.17) is 9.47 Å². The number of halogens is 1. The molecule has 2 aliphatic rings. The summed E-state index contributed by atoms with van der Waals surface area (Å²) in [7, 11) is 0. The zero-order chi connectivity index (χ0) is 22.1. The van der Waals surface area contributed by atoms with Gasteiger partial charge in [-0.1, -0.05) is 11.8 Å². The number of rotatable bonds is 3. The van der Waals surface area contributed by atoms with Crippen LogP contribution in [0.2, 0.25) is 0 Å². The third kappa shape index (κ3) is 4.57. The van der Waals surface area contributed by atoms with Gasteiger partial charge in [0.05, 0.1) is 23.2 Å². The third-order valence-corrected chi connectivity index (χ3v) is 5.99. The largest absolute Gasteiger partial charge is 0.444 e. The lowest BCUT2D eigenvalue weighted by molar-refractivity contribution is -0.385. The molecule has 2 N–H and O–H groups in total. The van der Waals surface area contributed by atoms with Crippen molar-refractivity contribution in [3.05, 3.63) is 39.7 Å². The van der Waals surface area contributed by atoms with Gasteiger partial charge >= 0.3 is 6.09 Å². The summed E-state index contributed by atoms with van der Waals surface area (Å²) in [6.45, 7) is 5.06. The van der Waals surface area contributed by atoms with Crippen molar-refractivity contribution in [3.63, 3.8) is 0 Å². The molecule has 11 heteroatoms. The molecule has 0 radical (unpaired) electrons. The Labute approximate surface area is 177 Å². The number of thioether (sulfide) groups is 1. The molecule has 0 aliphatic carbocycles. The average Bonchev–Trinajstić information content (AvgIpc) is 2.65. The first-order valence-electron chi connectivity index (χ1n) is 9.45. The van der Waals surface area contributed by atoms with Crippen LogP contribution in [0.1, 0.15) is 32.8 Å². The van der Waals surface area contributed by atoms with E-state index >= 15 is 0 Å². The molecule has 1 amide bonds. The predicted molar refractivity (Wildman–Crippen MR) is 109 cm³/mol. The van der Waals surface area contributed by atoms with Gasteiger partial charge in [0.15, 0.2) is 5.17 Å². The SMILES string of the molecule is CC(C)(C)OC(=O)NC1=N[C@@]2(c3cc([N+](=O)[O-])ccc3F)CCO[C@H](CO)[C@H]2CS1. The summed E-state index contributed by atoms with van der Waals surface area (Å²) in [6.07, 6.45) is -1.07. The number of nitrogens with zero attached hydrogens (tertiary/aromatic N) is 2. The van der Waals surface area contributed by atoms with E-state index in [1.807, 2.05) is 0 Å². The highest BCUT2D eigenvalue weighted by molar-refractivity contribution is 8.13. The molecule has 1 aromatic rings. The van der Waals surface area contributed by atoms with Crippen molar-refractivity contribution >= 4 is 28.7 Å². The van der Waals surface area contributed by atoms with E-state index < -0.39 is 40.0 Å². The van der Waals surface area contributed by atoms with Crippen molar-refractivity contribution in [2.24, 2.45) is 10.9 Å². The maximum Gasteiger partial charge on any atom is 0.413 e. The highest BCUT2D eigenvalue weighted by atomic mass is 32.2. The number of benzene rings is 1. The van der Waals surface area contributed by atoms with E-state index in [2.05, 4.69) is 10.3 Å². The monoisotopic (exact) mass is 441 g/mol. The van der Waals surface area contributed by atoms with Gasteiger partial charge in [-0.2, -0.15) is 0 Å². The van der Waals surface area contributed by atoms with Gasteiger partial charge in [-0.3, -0.25) is 20.4 Å². The summed E-state index contributed by atoms with van der Waals surface area (Å²) in [5, 5.41) is 23.9. The van der Waals surface area contributed by atoms with Crippen LogP contribution in [0.5, 0.6) is 0 Å². The Morgan fingerprint density at radius 2 is 2.27 bits per heavy atom. The summed E-state index contributed by atoms with van der Waals surface area (Å²) < 4.78 is 25.8. The lowest BCUT2D eigenvalue weighted by atomic mass is 9.72. The second-order valence-corrected chi connectivity index (χ2v) is 9.16. The number of carbonyl (C=O) groups excluding carboxylic acids is 1. The Kier molecular flexibility index (Phi) is 6.34. The maximum atomic E-state index is 14.9. The molecule has 0 unspecified atom stereocenters. The quantitative estimate of drug-likeness (QED) is 0.546. The average molecular weight is 441 g/mol. The predicted octanol–water partition coefficient (Wildman–Crippen LogP) is 2.95. The summed E-state index contributed by atoms with van der Waals surface area (Å²) in [4.78, 5) is 27.5. The summed E-state index contributed by atoms with van der Waals surface area (Å²) in [5.41, 5.74) is -2.15.